The van der Waals surface area contributed by atoms with Crippen molar-refractivity contribution in [2.24, 2.45) is 4.99 Å². The molecule has 0 amide bonds. The first-order valence-electron chi connectivity index (χ1n) is 7.48. The van der Waals surface area contributed by atoms with E-state index in [9.17, 15) is 0 Å². The Balaban J connectivity index is 2.16. The predicted octanol–water partition coefficient (Wildman–Crippen LogP) is 1.49. The molecule has 0 unspecified atom stereocenters. The van der Waals surface area contributed by atoms with E-state index in [1.54, 1.807) is 7.05 Å². The number of nitrogens with zero attached hydrogens (tertiary/aromatic N) is 2. The number of nitrogens with one attached hydrogen (secondary N) is 2. The summed E-state index contributed by atoms with van der Waals surface area (Å²) >= 11 is 0. The van der Waals surface area contributed by atoms with E-state index in [0.29, 0.717) is 6.61 Å². The zero-order valence-electron chi connectivity index (χ0n) is 13.6. The normalized spacial score (nSPS) is 11.6. The summed E-state index contributed by atoms with van der Waals surface area (Å²) in [6.07, 6.45) is 0. The fourth-order valence-corrected chi connectivity index (χ4v) is 1.72. The number of aliphatic imine (C=N–C) groups is 1. The van der Waals surface area contributed by atoms with Crippen molar-refractivity contribution in [3.05, 3.63) is 29.8 Å². The van der Waals surface area contributed by atoms with Crippen molar-refractivity contribution in [2.75, 3.05) is 46.9 Å². The van der Waals surface area contributed by atoms with Gasteiger partial charge in [-0.1, -0.05) is 24.6 Å². The SMILES string of the molecule is CCN(C)CCNC(=NC)NCCOc1ccc(C)cc1. The van der Waals surface area contributed by atoms with Crippen LogP contribution >= 0.6 is 0 Å². The number of ether oxygens (including phenoxy) is 1. The number of aryl methyl sites for hydroxylation is 1. The summed E-state index contributed by atoms with van der Waals surface area (Å²) in [4.78, 5) is 6.44. The zero-order valence-corrected chi connectivity index (χ0v) is 13.6. The number of hydrogen-bond acceptors (Lipinski definition) is 3. The van der Waals surface area contributed by atoms with Gasteiger partial charge in [0.05, 0.1) is 6.54 Å². The van der Waals surface area contributed by atoms with Gasteiger partial charge in [-0.05, 0) is 32.6 Å². The van der Waals surface area contributed by atoms with Gasteiger partial charge in [0.2, 0.25) is 0 Å². The molecule has 1 aromatic rings. The van der Waals surface area contributed by atoms with Gasteiger partial charge in [-0.25, -0.2) is 0 Å². The number of rotatable bonds is 8. The molecule has 0 atom stereocenters. The van der Waals surface area contributed by atoms with Gasteiger partial charge in [0, 0.05) is 20.1 Å². The molecular formula is C16H28N4O. The Bertz CT molecular complexity index is 417. The van der Waals surface area contributed by atoms with Crippen molar-refractivity contribution < 1.29 is 4.74 Å². The second-order valence-electron chi connectivity index (χ2n) is 4.98. The Morgan fingerprint density at radius 3 is 2.48 bits per heavy atom. The van der Waals surface area contributed by atoms with Gasteiger partial charge < -0.3 is 20.3 Å². The summed E-state index contributed by atoms with van der Waals surface area (Å²) in [6.45, 7) is 8.47. The fraction of sp³-hybridized carbons (Fsp3) is 0.562. The Morgan fingerprint density at radius 2 is 1.86 bits per heavy atom. The van der Waals surface area contributed by atoms with Crippen molar-refractivity contribution in [1.82, 2.24) is 15.5 Å². The molecular weight excluding hydrogens is 264 g/mol. The molecule has 0 bridgehead atoms. The van der Waals surface area contributed by atoms with Crippen LogP contribution in [0.1, 0.15) is 12.5 Å². The maximum atomic E-state index is 5.66. The van der Waals surface area contributed by atoms with Gasteiger partial charge in [-0.15, -0.1) is 0 Å². The Labute approximate surface area is 128 Å². The fourth-order valence-electron chi connectivity index (χ4n) is 1.72. The van der Waals surface area contributed by atoms with Crippen LogP contribution in [0.15, 0.2) is 29.3 Å². The molecule has 1 aromatic carbocycles. The zero-order chi connectivity index (χ0) is 15.5. The minimum Gasteiger partial charge on any atom is -0.492 e. The molecule has 118 valence electrons. The van der Waals surface area contributed by atoms with Crippen LogP contribution in [0.5, 0.6) is 5.75 Å². The highest BCUT2D eigenvalue weighted by Gasteiger charge is 1.99. The Hall–Kier alpha value is -1.75. The molecule has 0 spiro atoms. The van der Waals surface area contributed by atoms with Crippen LogP contribution in [-0.2, 0) is 0 Å². The maximum Gasteiger partial charge on any atom is 0.191 e. The monoisotopic (exact) mass is 292 g/mol. The molecule has 0 radical (unpaired) electrons. The summed E-state index contributed by atoms with van der Waals surface area (Å²) in [5, 5.41) is 6.52. The summed E-state index contributed by atoms with van der Waals surface area (Å²) in [5.41, 5.74) is 1.24. The Kier molecular flexibility index (Phi) is 8.28. The molecule has 0 aliphatic carbocycles. The lowest BCUT2D eigenvalue weighted by molar-refractivity contribution is 0.321. The molecule has 0 saturated heterocycles. The molecule has 5 nitrogen and oxygen atoms in total. The molecule has 0 saturated carbocycles. The van der Waals surface area contributed by atoms with Crippen LogP contribution in [0.2, 0.25) is 0 Å². The topological polar surface area (TPSA) is 48.9 Å². The number of likely N-dealkylation sites (N-methyl/N-ethyl adjacent to an activating group) is 1. The first kappa shape index (κ1) is 17.3. The van der Waals surface area contributed by atoms with Gasteiger partial charge >= 0.3 is 0 Å². The van der Waals surface area contributed by atoms with Crippen LogP contribution in [0.25, 0.3) is 0 Å². The van der Waals surface area contributed by atoms with Gasteiger partial charge in [-0.3, -0.25) is 4.99 Å². The highest BCUT2D eigenvalue weighted by Crippen LogP contribution is 2.10. The number of hydrogen-bond donors (Lipinski definition) is 2. The minimum atomic E-state index is 0.610. The van der Waals surface area contributed by atoms with Crippen molar-refractivity contribution in [3.63, 3.8) is 0 Å². The van der Waals surface area contributed by atoms with E-state index < -0.39 is 0 Å². The molecule has 0 aromatic heterocycles. The van der Waals surface area contributed by atoms with Crippen LogP contribution in [0.3, 0.4) is 0 Å². The average molecular weight is 292 g/mol. The largest absolute Gasteiger partial charge is 0.492 e. The maximum absolute atomic E-state index is 5.66. The smallest absolute Gasteiger partial charge is 0.191 e. The molecule has 1 rings (SSSR count). The quantitative estimate of drug-likeness (QED) is 0.433. The lowest BCUT2D eigenvalue weighted by Crippen LogP contribution is -2.42. The van der Waals surface area contributed by atoms with E-state index in [4.69, 9.17) is 4.74 Å². The number of benzene rings is 1. The lowest BCUT2D eigenvalue weighted by Gasteiger charge is -2.16. The third kappa shape index (κ3) is 7.56. The van der Waals surface area contributed by atoms with E-state index >= 15 is 0 Å². The molecule has 2 N–H and O–H groups in total. The molecule has 0 fully saturated rings. The number of guanidine groups is 1. The van der Waals surface area contributed by atoms with Crippen molar-refractivity contribution in [2.45, 2.75) is 13.8 Å². The van der Waals surface area contributed by atoms with E-state index in [2.05, 4.69) is 41.4 Å². The van der Waals surface area contributed by atoms with Gasteiger partial charge in [-0.2, -0.15) is 0 Å². The van der Waals surface area contributed by atoms with Gasteiger partial charge in [0.1, 0.15) is 12.4 Å². The molecule has 0 heterocycles. The predicted molar refractivity (Wildman–Crippen MR) is 89.2 cm³/mol. The van der Waals surface area contributed by atoms with Gasteiger partial charge in [0.15, 0.2) is 5.96 Å². The van der Waals surface area contributed by atoms with Crippen molar-refractivity contribution in [3.8, 4) is 5.75 Å². The summed E-state index contributed by atoms with van der Waals surface area (Å²) in [5.74, 6) is 1.71. The van der Waals surface area contributed by atoms with Gasteiger partial charge in [0.25, 0.3) is 0 Å². The van der Waals surface area contributed by atoms with E-state index in [-0.39, 0.29) is 0 Å². The second kappa shape index (κ2) is 10.0. The molecule has 21 heavy (non-hydrogen) atoms. The highest BCUT2D eigenvalue weighted by molar-refractivity contribution is 5.79. The van der Waals surface area contributed by atoms with Crippen LogP contribution < -0.4 is 15.4 Å². The summed E-state index contributed by atoms with van der Waals surface area (Å²) in [7, 11) is 3.88. The average Bonchev–Trinajstić information content (AvgIpc) is 2.51. The van der Waals surface area contributed by atoms with E-state index in [1.807, 2.05) is 24.3 Å². The van der Waals surface area contributed by atoms with Crippen molar-refractivity contribution >= 4 is 5.96 Å². The summed E-state index contributed by atoms with van der Waals surface area (Å²) in [6, 6.07) is 8.08. The van der Waals surface area contributed by atoms with E-state index in [1.165, 1.54) is 5.56 Å². The minimum absolute atomic E-state index is 0.610. The van der Waals surface area contributed by atoms with E-state index in [0.717, 1.165) is 37.9 Å². The van der Waals surface area contributed by atoms with Crippen LogP contribution in [0.4, 0.5) is 0 Å². The second-order valence-corrected chi connectivity index (χ2v) is 4.98. The third-order valence-electron chi connectivity index (χ3n) is 3.23. The molecule has 5 heteroatoms. The lowest BCUT2D eigenvalue weighted by atomic mass is 10.2. The van der Waals surface area contributed by atoms with Crippen LogP contribution in [0, 0.1) is 6.92 Å². The van der Waals surface area contributed by atoms with Crippen molar-refractivity contribution in [1.29, 1.82) is 0 Å². The Morgan fingerprint density at radius 1 is 1.19 bits per heavy atom. The highest BCUT2D eigenvalue weighted by atomic mass is 16.5. The first-order valence-corrected chi connectivity index (χ1v) is 7.48. The van der Waals surface area contributed by atoms with Crippen LogP contribution in [-0.4, -0.2) is 57.7 Å². The first-order chi connectivity index (χ1) is 10.2. The molecule has 0 aliphatic heterocycles. The summed E-state index contributed by atoms with van der Waals surface area (Å²) < 4.78 is 5.66. The molecule has 0 aliphatic rings. The third-order valence-corrected chi connectivity index (χ3v) is 3.23. The standard InChI is InChI=1S/C16H28N4O/c1-5-20(4)12-10-18-16(17-3)19-11-13-21-15-8-6-14(2)7-9-15/h6-9H,5,10-13H2,1-4H3,(H2,17,18,19).